The van der Waals surface area contributed by atoms with Crippen LogP contribution in [0.25, 0.3) is 0 Å². The van der Waals surface area contributed by atoms with Crippen LogP contribution in [0.3, 0.4) is 0 Å². The second kappa shape index (κ2) is 3.92. The molecule has 1 aliphatic heterocycles. The molecule has 0 atom stereocenters. The van der Waals surface area contributed by atoms with Crippen molar-refractivity contribution in [1.29, 1.82) is 0 Å². The third-order valence-electron chi connectivity index (χ3n) is 2.43. The first-order chi connectivity index (χ1) is 7.63. The number of methoxy groups -OCH3 is 1. The van der Waals surface area contributed by atoms with Crippen molar-refractivity contribution >= 4 is 11.6 Å². The molecule has 84 valence electrons. The molecule has 2 rings (SSSR count). The fraction of sp³-hybridized carbons (Fsp3) is 0.273. The number of carbonyl (C=O) groups excluding carboxylic acids is 1. The van der Waals surface area contributed by atoms with Crippen LogP contribution in [0.15, 0.2) is 23.3 Å². The monoisotopic (exact) mass is 222 g/mol. The van der Waals surface area contributed by atoms with E-state index in [1.807, 2.05) is 0 Å². The normalized spacial score (nSPS) is 15.3. The van der Waals surface area contributed by atoms with Crippen molar-refractivity contribution in [3.63, 3.8) is 0 Å². The first-order valence-corrected chi connectivity index (χ1v) is 4.80. The minimum Gasteiger partial charge on any atom is -0.496 e. The molecule has 1 heterocycles. The van der Waals surface area contributed by atoms with Gasteiger partial charge in [-0.25, -0.2) is 9.40 Å². The summed E-state index contributed by atoms with van der Waals surface area (Å²) < 4.78 is 18.7. The minimum absolute atomic E-state index is 0.105. The van der Waals surface area contributed by atoms with Gasteiger partial charge in [0.05, 0.1) is 24.8 Å². The summed E-state index contributed by atoms with van der Waals surface area (Å²) in [6.07, 6.45) is 0.105. The van der Waals surface area contributed by atoms with E-state index in [4.69, 9.17) is 4.74 Å². The smallest absolute Gasteiger partial charge is 0.248 e. The molecule has 0 aromatic heterocycles. The first-order valence-electron chi connectivity index (χ1n) is 4.80. The van der Waals surface area contributed by atoms with Gasteiger partial charge in [0.1, 0.15) is 11.6 Å². The van der Waals surface area contributed by atoms with Crippen LogP contribution in [-0.4, -0.2) is 30.8 Å². The van der Waals surface area contributed by atoms with Crippen molar-refractivity contribution in [3.8, 4) is 5.75 Å². The summed E-state index contributed by atoms with van der Waals surface area (Å²) in [5.74, 6) is -0.191. The highest BCUT2D eigenvalue weighted by atomic mass is 19.1. The van der Waals surface area contributed by atoms with Crippen molar-refractivity contribution in [2.24, 2.45) is 5.10 Å². The molecular formula is C11H11FN2O2. The molecule has 0 N–H and O–H groups in total. The summed E-state index contributed by atoms with van der Waals surface area (Å²) in [7, 11) is 3.00. The lowest BCUT2D eigenvalue weighted by Gasteiger charge is -2.07. The van der Waals surface area contributed by atoms with E-state index >= 15 is 0 Å². The number of hydrazone groups is 1. The van der Waals surface area contributed by atoms with Crippen molar-refractivity contribution in [3.05, 3.63) is 29.6 Å². The van der Waals surface area contributed by atoms with Gasteiger partial charge in [-0.2, -0.15) is 5.10 Å². The molecule has 0 saturated carbocycles. The molecule has 0 fully saturated rings. The number of halogens is 1. The van der Waals surface area contributed by atoms with Crippen LogP contribution in [0, 0.1) is 5.82 Å². The van der Waals surface area contributed by atoms with E-state index in [0.717, 1.165) is 0 Å². The van der Waals surface area contributed by atoms with Gasteiger partial charge in [0.25, 0.3) is 0 Å². The molecule has 1 aromatic carbocycles. The zero-order valence-electron chi connectivity index (χ0n) is 9.03. The number of rotatable bonds is 2. The van der Waals surface area contributed by atoms with Crippen molar-refractivity contribution < 1.29 is 13.9 Å². The summed E-state index contributed by atoms with van der Waals surface area (Å²) in [4.78, 5) is 11.3. The molecule has 4 nitrogen and oxygen atoms in total. The number of nitrogens with zero attached hydrogens (tertiary/aromatic N) is 2. The zero-order valence-corrected chi connectivity index (χ0v) is 9.03. The highest BCUT2D eigenvalue weighted by Crippen LogP contribution is 2.25. The predicted molar refractivity (Wildman–Crippen MR) is 56.9 cm³/mol. The predicted octanol–water partition coefficient (Wildman–Crippen LogP) is 1.40. The van der Waals surface area contributed by atoms with Crippen LogP contribution in [0.5, 0.6) is 5.75 Å². The van der Waals surface area contributed by atoms with Gasteiger partial charge in [-0.1, -0.05) is 6.07 Å². The molecule has 0 aliphatic carbocycles. The molecule has 0 spiro atoms. The van der Waals surface area contributed by atoms with E-state index in [1.165, 1.54) is 18.2 Å². The lowest BCUT2D eigenvalue weighted by atomic mass is 10.1. The van der Waals surface area contributed by atoms with Crippen molar-refractivity contribution in [1.82, 2.24) is 5.01 Å². The summed E-state index contributed by atoms with van der Waals surface area (Å²) in [5, 5.41) is 5.20. The van der Waals surface area contributed by atoms with Gasteiger partial charge in [0.2, 0.25) is 5.91 Å². The second-order valence-corrected chi connectivity index (χ2v) is 3.46. The second-order valence-electron chi connectivity index (χ2n) is 3.46. The van der Waals surface area contributed by atoms with E-state index in [2.05, 4.69) is 5.10 Å². The molecule has 0 unspecified atom stereocenters. The molecule has 1 aliphatic rings. The third-order valence-corrected chi connectivity index (χ3v) is 2.43. The molecule has 0 radical (unpaired) electrons. The van der Waals surface area contributed by atoms with E-state index in [0.29, 0.717) is 11.5 Å². The number of ether oxygens (including phenoxy) is 1. The Labute approximate surface area is 92.3 Å². The molecule has 0 bridgehead atoms. The average Bonchev–Trinajstić information content (AvgIpc) is 2.58. The van der Waals surface area contributed by atoms with Gasteiger partial charge in [-0.05, 0) is 12.1 Å². The number of benzene rings is 1. The standard InChI is InChI=1S/C11H11FN2O2/c1-14-10(15)6-8(13-14)11-7(12)4-3-5-9(11)16-2/h3-5H,6H2,1-2H3. The Balaban J connectivity index is 2.48. The van der Waals surface area contributed by atoms with Crippen LogP contribution < -0.4 is 4.74 Å². The third kappa shape index (κ3) is 1.64. The van der Waals surface area contributed by atoms with Crippen LogP contribution in [0.2, 0.25) is 0 Å². The summed E-state index contributed by atoms with van der Waals surface area (Å²) in [6, 6.07) is 4.52. The Hall–Kier alpha value is -1.91. The number of hydrogen-bond donors (Lipinski definition) is 0. The summed E-state index contributed by atoms with van der Waals surface area (Å²) >= 11 is 0. The molecule has 1 aromatic rings. The quantitative estimate of drug-likeness (QED) is 0.759. The highest BCUT2D eigenvalue weighted by molar-refractivity contribution is 6.14. The minimum atomic E-state index is -0.429. The molecule has 1 amide bonds. The molecule has 16 heavy (non-hydrogen) atoms. The zero-order chi connectivity index (χ0) is 11.7. The van der Waals surface area contributed by atoms with E-state index in [1.54, 1.807) is 19.2 Å². The van der Waals surface area contributed by atoms with Crippen LogP contribution in [0.4, 0.5) is 4.39 Å². The van der Waals surface area contributed by atoms with E-state index in [-0.39, 0.29) is 17.9 Å². The summed E-state index contributed by atoms with van der Waals surface area (Å²) in [6.45, 7) is 0. The lowest BCUT2D eigenvalue weighted by Crippen LogP contribution is -2.14. The van der Waals surface area contributed by atoms with Crippen LogP contribution >= 0.6 is 0 Å². The first kappa shape index (κ1) is 10.6. The van der Waals surface area contributed by atoms with Crippen LogP contribution in [-0.2, 0) is 4.79 Å². The molecular weight excluding hydrogens is 211 g/mol. The Morgan fingerprint density at radius 2 is 2.25 bits per heavy atom. The van der Waals surface area contributed by atoms with E-state index < -0.39 is 5.82 Å². The topological polar surface area (TPSA) is 41.9 Å². The number of amides is 1. The van der Waals surface area contributed by atoms with Crippen LogP contribution in [0.1, 0.15) is 12.0 Å². The van der Waals surface area contributed by atoms with Gasteiger partial charge < -0.3 is 4.74 Å². The SMILES string of the molecule is COc1cccc(F)c1C1=NN(C)C(=O)C1. The summed E-state index contributed by atoms with van der Waals surface area (Å²) in [5.41, 5.74) is 0.671. The Bertz CT molecular complexity index is 471. The van der Waals surface area contributed by atoms with Gasteiger partial charge in [-0.3, -0.25) is 4.79 Å². The maximum absolute atomic E-state index is 13.7. The van der Waals surface area contributed by atoms with Gasteiger partial charge in [-0.15, -0.1) is 0 Å². The fourth-order valence-electron chi connectivity index (χ4n) is 1.62. The fourth-order valence-corrected chi connectivity index (χ4v) is 1.62. The number of carbonyl (C=O) groups is 1. The highest BCUT2D eigenvalue weighted by Gasteiger charge is 2.26. The van der Waals surface area contributed by atoms with Crippen molar-refractivity contribution in [2.75, 3.05) is 14.2 Å². The van der Waals surface area contributed by atoms with Crippen molar-refractivity contribution in [2.45, 2.75) is 6.42 Å². The Morgan fingerprint density at radius 3 is 2.81 bits per heavy atom. The van der Waals surface area contributed by atoms with Gasteiger partial charge in [0, 0.05) is 7.05 Å². The average molecular weight is 222 g/mol. The molecule has 0 saturated heterocycles. The number of hydrogen-bond acceptors (Lipinski definition) is 3. The Morgan fingerprint density at radius 1 is 1.50 bits per heavy atom. The lowest BCUT2D eigenvalue weighted by molar-refractivity contribution is -0.127. The maximum Gasteiger partial charge on any atom is 0.248 e. The van der Waals surface area contributed by atoms with E-state index in [9.17, 15) is 9.18 Å². The largest absolute Gasteiger partial charge is 0.496 e. The Kier molecular flexibility index (Phi) is 2.60. The van der Waals surface area contributed by atoms with Gasteiger partial charge in [0.15, 0.2) is 0 Å². The molecule has 5 heteroatoms. The maximum atomic E-state index is 13.7. The van der Waals surface area contributed by atoms with Gasteiger partial charge >= 0.3 is 0 Å².